The van der Waals surface area contributed by atoms with Crippen LogP contribution in [0, 0.1) is 10.8 Å². The summed E-state index contributed by atoms with van der Waals surface area (Å²) in [5, 5.41) is 10.2. The van der Waals surface area contributed by atoms with E-state index in [9.17, 15) is 29.1 Å². The first-order chi connectivity index (χ1) is 18.3. The minimum absolute atomic E-state index is 0.0952. The molecule has 1 N–H and O–H groups in total. The van der Waals surface area contributed by atoms with Crippen LogP contribution in [-0.2, 0) is 52.4 Å². The van der Waals surface area contributed by atoms with E-state index in [2.05, 4.69) is 32.9 Å². The van der Waals surface area contributed by atoms with Crippen molar-refractivity contribution < 1.29 is 57.5 Å². The molecule has 12 heteroatoms. The first-order valence-corrected chi connectivity index (χ1v) is 11.5. The molecule has 0 aromatic rings. The van der Waals surface area contributed by atoms with Gasteiger partial charge in [0.1, 0.15) is 33.0 Å². The maximum Gasteiger partial charge on any atom is 0.333 e. The van der Waals surface area contributed by atoms with Crippen LogP contribution in [0.3, 0.4) is 0 Å². The van der Waals surface area contributed by atoms with E-state index >= 15 is 0 Å². The summed E-state index contributed by atoms with van der Waals surface area (Å²) in [6.07, 6.45) is 2.71. The molecule has 0 aromatic heterocycles. The molecule has 216 valence electrons. The number of hydrogen-bond acceptors (Lipinski definition) is 12. The number of esters is 5. The Bertz CT molecular complexity index is 872. The van der Waals surface area contributed by atoms with Crippen molar-refractivity contribution in [2.75, 3.05) is 52.9 Å². The van der Waals surface area contributed by atoms with Crippen LogP contribution in [0.25, 0.3) is 0 Å². The average Bonchev–Trinajstić information content (AvgIpc) is 2.93. The number of aliphatic hydroxyl groups excluding tert-OH is 1. The van der Waals surface area contributed by atoms with Gasteiger partial charge in [0.05, 0.1) is 30.7 Å². The van der Waals surface area contributed by atoms with Crippen molar-refractivity contribution in [1.82, 2.24) is 0 Å². The summed E-state index contributed by atoms with van der Waals surface area (Å²) >= 11 is 0. The summed E-state index contributed by atoms with van der Waals surface area (Å²) in [4.78, 5) is 59.2. The molecule has 0 fully saturated rings. The summed E-state index contributed by atoms with van der Waals surface area (Å²) < 4.78 is 31.6. The van der Waals surface area contributed by atoms with Crippen molar-refractivity contribution in [3.8, 4) is 0 Å². The molecule has 0 spiro atoms. The largest absolute Gasteiger partial charge is 0.462 e. The van der Waals surface area contributed by atoms with Gasteiger partial charge in [-0.3, -0.25) is 0 Å². The van der Waals surface area contributed by atoms with Gasteiger partial charge in [-0.05, 0) is 13.8 Å². The van der Waals surface area contributed by atoms with Gasteiger partial charge in [0.25, 0.3) is 0 Å². The molecule has 0 unspecified atom stereocenters. The van der Waals surface area contributed by atoms with Crippen LogP contribution >= 0.6 is 0 Å². The van der Waals surface area contributed by atoms with Crippen LogP contribution in [0.5, 0.6) is 0 Å². The van der Waals surface area contributed by atoms with Gasteiger partial charge in [0.15, 0.2) is 0 Å². The Kier molecular flexibility index (Phi) is 15.7. The van der Waals surface area contributed by atoms with Crippen molar-refractivity contribution in [2.24, 2.45) is 10.8 Å². The second kappa shape index (κ2) is 17.5. The normalized spacial score (nSPS) is 10.8. The predicted octanol–water partition coefficient (Wildman–Crippen LogP) is 1.39. The summed E-state index contributed by atoms with van der Waals surface area (Å²) in [6.45, 7) is 16.1. The van der Waals surface area contributed by atoms with Crippen molar-refractivity contribution in [1.29, 1.82) is 0 Å². The number of ether oxygens (including phenoxy) is 6. The van der Waals surface area contributed by atoms with E-state index in [0.717, 1.165) is 18.2 Å². The highest BCUT2D eigenvalue weighted by atomic mass is 16.6. The molecular weight excluding hydrogens is 516 g/mol. The lowest BCUT2D eigenvalue weighted by Gasteiger charge is -2.35. The first kappa shape index (κ1) is 35.0. The van der Waals surface area contributed by atoms with E-state index in [4.69, 9.17) is 28.4 Å². The quantitative estimate of drug-likeness (QED) is 0.131. The molecule has 0 bridgehead atoms. The third-order valence-electron chi connectivity index (χ3n) is 4.93. The first-order valence-electron chi connectivity index (χ1n) is 11.5. The van der Waals surface area contributed by atoms with E-state index in [0.29, 0.717) is 0 Å². The number of carbonyl (C=O) groups excluding carboxylic acids is 5. The van der Waals surface area contributed by atoms with Crippen LogP contribution < -0.4 is 0 Å². The third kappa shape index (κ3) is 13.4. The van der Waals surface area contributed by atoms with Gasteiger partial charge >= 0.3 is 29.8 Å². The van der Waals surface area contributed by atoms with Crippen LogP contribution in [-0.4, -0.2) is 87.8 Å². The fourth-order valence-corrected chi connectivity index (χ4v) is 2.53. The van der Waals surface area contributed by atoms with Crippen molar-refractivity contribution in [3.05, 3.63) is 62.3 Å². The predicted molar refractivity (Wildman–Crippen MR) is 138 cm³/mol. The fourth-order valence-electron chi connectivity index (χ4n) is 2.53. The average molecular weight is 553 g/mol. The second-order valence-corrected chi connectivity index (χ2v) is 8.80. The zero-order valence-corrected chi connectivity index (χ0v) is 22.4. The molecule has 0 atom stereocenters. The molecular formula is C27H36O12. The summed E-state index contributed by atoms with van der Waals surface area (Å²) in [6, 6.07) is 0. The van der Waals surface area contributed by atoms with Crippen molar-refractivity contribution >= 4 is 29.8 Å². The van der Waals surface area contributed by atoms with Crippen molar-refractivity contribution in [3.63, 3.8) is 0 Å². The molecule has 0 aliphatic carbocycles. The van der Waals surface area contributed by atoms with Gasteiger partial charge < -0.3 is 33.5 Å². The van der Waals surface area contributed by atoms with Gasteiger partial charge in [-0.25, -0.2) is 24.0 Å². The Morgan fingerprint density at radius 1 is 0.590 bits per heavy atom. The van der Waals surface area contributed by atoms with Crippen molar-refractivity contribution in [2.45, 2.75) is 13.8 Å². The molecule has 0 aliphatic heterocycles. The summed E-state index contributed by atoms with van der Waals surface area (Å²) in [5.41, 5.74) is -2.70. The van der Waals surface area contributed by atoms with Crippen LogP contribution in [0.15, 0.2) is 62.3 Å². The lowest BCUT2D eigenvalue weighted by atomic mass is 9.90. The minimum Gasteiger partial charge on any atom is -0.462 e. The van der Waals surface area contributed by atoms with Gasteiger partial charge in [0.2, 0.25) is 0 Å². The monoisotopic (exact) mass is 552 g/mol. The third-order valence-corrected chi connectivity index (χ3v) is 4.93. The van der Waals surface area contributed by atoms with Gasteiger partial charge in [-0.1, -0.05) is 32.9 Å². The van der Waals surface area contributed by atoms with E-state index in [1.807, 2.05) is 0 Å². The number of carbonyl (C=O) groups is 5. The zero-order chi connectivity index (χ0) is 30.1. The lowest BCUT2D eigenvalue weighted by molar-refractivity contribution is -0.167. The maximum atomic E-state index is 12.0. The molecule has 0 aliphatic rings. The second-order valence-electron chi connectivity index (χ2n) is 8.80. The molecule has 39 heavy (non-hydrogen) atoms. The Labute approximate surface area is 227 Å². The maximum absolute atomic E-state index is 12.0. The van der Waals surface area contributed by atoms with E-state index in [1.54, 1.807) is 0 Å². The molecule has 0 rings (SSSR count). The van der Waals surface area contributed by atoms with E-state index in [1.165, 1.54) is 13.8 Å². The lowest BCUT2D eigenvalue weighted by Crippen LogP contribution is -2.46. The van der Waals surface area contributed by atoms with Crippen LogP contribution in [0.4, 0.5) is 0 Å². The SMILES string of the molecule is C=CC(=O)OCC(COCC(CO)(COC(=O)C(=C)C)COC(=O)C(=C)C)(COC(=O)C=C)COC(=O)C=C. The number of aliphatic hydroxyl groups is 1. The van der Waals surface area contributed by atoms with E-state index in [-0.39, 0.29) is 24.4 Å². The van der Waals surface area contributed by atoms with Crippen LogP contribution in [0.1, 0.15) is 13.8 Å². The van der Waals surface area contributed by atoms with Gasteiger partial charge in [0, 0.05) is 29.4 Å². The smallest absolute Gasteiger partial charge is 0.333 e. The highest BCUT2D eigenvalue weighted by molar-refractivity contribution is 5.87. The topological polar surface area (TPSA) is 161 Å². The molecule has 12 nitrogen and oxygen atoms in total. The van der Waals surface area contributed by atoms with Crippen LogP contribution in [0.2, 0.25) is 0 Å². The van der Waals surface area contributed by atoms with E-state index < -0.39 is 80.3 Å². The van der Waals surface area contributed by atoms with Gasteiger partial charge in [-0.2, -0.15) is 0 Å². The summed E-state index contributed by atoms with van der Waals surface area (Å²) in [5.74, 6) is -3.94. The fraction of sp³-hybridized carbons (Fsp3) is 0.444. The molecule has 0 saturated carbocycles. The Morgan fingerprint density at radius 2 is 0.897 bits per heavy atom. The molecule has 0 saturated heterocycles. The highest BCUT2D eigenvalue weighted by Crippen LogP contribution is 2.25. The molecule has 0 heterocycles. The Hall–Kier alpha value is -4.03. The molecule has 0 aromatic carbocycles. The highest BCUT2D eigenvalue weighted by Gasteiger charge is 2.39. The number of hydrogen-bond donors (Lipinski definition) is 1. The molecule has 0 amide bonds. The Morgan fingerprint density at radius 3 is 1.18 bits per heavy atom. The standard InChI is InChI=1S/C27H36O12/c1-8-21(29)35-16-27(17-36-22(30)9-2,18-37-23(31)10-3)13-34-12-26(11-28,14-38-24(32)19(4)5)15-39-25(33)20(6)7/h8-10,28H,1-4,6,11-18H2,5,7H3. The Balaban J connectivity index is 6.04. The summed E-state index contributed by atoms with van der Waals surface area (Å²) in [7, 11) is 0. The van der Waals surface area contributed by atoms with Gasteiger partial charge in [-0.15, -0.1) is 0 Å². The number of rotatable bonds is 20. The molecule has 0 radical (unpaired) electrons. The zero-order valence-electron chi connectivity index (χ0n) is 22.4. The minimum atomic E-state index is -1.45.